The van der Waals surface area contributed by atoms with E-state index in [4.69, 9.17) is 15.2 Å². The molecule has 0 spiro atoms. The van der Waals surface area contributed by atoms with Crippen molar-refractivity contribution in [3.63, 3.8) is 0 Å². The van der Waals surface area contributed by atoms with Gasteiger partial charge in [-0.25, -0.2) is 9.50 Å². The van der Waals surface area contributed by atoms with Gasteiger partial charge in [0, 0.05) is 26.3 Å². The van der Waals surface area contributed by atoms with Gasteiger partial charge in [0.15, 0.2) is 5.65 Å². The molecule has 0 unspecified atom stereocenters. The summed E-state index contributed by atoms with van der Waals surface area (Å²) in [5.41, 5.74) is 8.53. The van der Waals surface area contributed by atoms with Crippen LogP contribution >= 0.6 is 0 Å². The highest BCUT2D eigenvalue weighted by atomic mass is 16.5. The van der Waals surface area contributed by atoms with Gasteiger partial charge < -0.3 is 20.5 Å². The lowest BCUT2D eigenvalue weighted by Crippen LogP contribution is -2.25. The van der Waals surface area contributed by atoms with E-state index in [2.05, 4.69) is 15.4 Å². The minimum atomic E-state index is -0.674. The number of primary amides is 1. The first kappa shape index (κ1) is 17.9. The average molecular weight is 381 g/mol. The maximum Gasteiger partial charge on any atom is 0.270 e. The molecule has 0 saturated heterocycles. The number of carbonyl (C=O) groups excluding carboxylic acids is 2. The lowest BCUT2D eigenvalue weighted by atomic mass is 10.1. The van der Waals surface area contributed by atoms with Gasteiger partial charge in [0.2, 0.25) is 0 Å². The van der Waals surface area contributed by atoms with Crippen LogP contribution in [0.1, 0.15) is 37.7 Å². The van der Waals surface area contributed by atoms with Gasteiger partial charge in [0.05, 0.1) is 13.2 Å². The number of hydrogen-bond donors (Lipinski definition) is 2. The number of aromatic nitrogens is 3. The van der Waals surface area contributed by atoms with Crippen LogP contribution in [0.15, 0.2) is 30.5 Å². The number of methoxy groups -OCH3 is 1. The van der Waals surface area contributed by atoms with E-state index in [0.717, 1.165) is 23.3 Å². The molecule has 3 N–H and O–H groups in total. The molecule has 0 bridgehead atoms. The van der Waals surface area contributed by atoms with E-state index in [-0.39, 0.29) is 29.4 Å². The van der Waals surface area contributed by atoms with E-state index in [1.807, 2.05) is 18.2 Å². The molecule has 2 amide bonds. The first-order valence-electron chi connectivity index (χ1n) is 8.76. The predicted molar refractivity (Wildman–Crippen MR) is 99.0 cm³/mol. The van der Waals surface area contributed by atoms with Gasteiger partial charge in [0.25, 0.3) is 11.8 Å². The molecule has 9 heteroatoms. The van der Waals surface area contributed by atoms with Crippen LogP contribution in [0.5, 0.6) is 5.75 Å². The Morgan fingerprint density at radius 3 is 3.00 bits per heavy atom. The normalized spacial score (nSPS) is 12.6. The second-order valence-corrected chi connectivity index (χ2v) is 6.41. The summed E-state index contributed by atoms with van der Waals surface area (Å²) in [6.45, 7) is 1.12. The van der Waals surface area contributed by atoms with E-state index >= 15 is 0 Å². The molecular weight excluding hydrogens is 362 g/mol. The molecule has 4 rings (SSSR count). The molecule has 0 aliphatic carbocycles. The number of fused-ring (bicyclic) bond motifs is 2. The Labute approximate surface area is 160 Å². The third-order valence-electron chi connectivity index (χ3n) is 4.56. The predicted octanol–water partition coefficient (Wildman–Crippen LogP) is 0.839. The van der Waals surface area contributed by atoms with E-state index in [1.54, 1.807) is 0 Å². The average Bonchev–Trinajstić information content (AvgIpc) is 3.29. The van der Waals surface area contributed by atoms with Crippen LogP contribution in [0.2, 0.25) is 0 Å². The van der Waals surface area contributed by atoms with E-state index < -0.39 is 5.91 Å². The van der Waals surface area contributed by atoms with Crippen molar-refractivity contribution in [3.05, 3.63) is 58.5 Å². The number of amides is 2. The van der Waals surface area contributed by atoms with Crippen LogP contribution in [0.4, 0.5) is 0 Å². The molecule has 2 aromatic heterocycles. The molecule has 1 aliphatic heterocycles. The maximum atomic E-state index is 12.7. The Bertz CT molecular complexity index is 1080. The van der Waals surface area contributed by atoms with Crippen molar-refractivity contribution in [1.29, 1.82) is 0 Å². The van der Waals surface area contributed by atoms with E-state index in [1.165, 1.54) is 23.9 Å². The van der Waals surface area contributed by atoms with Gasteiger partial charge in [-0.3, -0.25) is 9.59 Å². The fourth-order valence-corrected chi connectivity index (χ4v) is 3.27. The highest BCUT2D eigenvalue weighted by molar-refractivity contribution is 6.01. The minimum Gasteiger partial charge on any atom is -0.493 e. The number of nitrogens with one attached hydrogen (secondary N) is 1. The van der Waals surface area contributed by atoms with Crippen molar-refractivity contribution in [2.45, 2.75) is 19.6 Å². The van der Waals surface area contributed by atoms with Crippen LogP contribution in [0.3, 0.4) is 0 Å². The summed E-state index contributed by atoms with van der Waals surface area (Å²) in [6, 6.07) is 7.40. The van der Waals surface area contributed by atoms with Crippen LogP contribution in [-0.2, 0) is 24.3 Å². The quantitative estimate of drug-likeness (QED) is 0.653. The van der Waals surface area contributed by atoms with Gasteiger partial charge in [-0.2, -0.15) is 5.10 Å². The van der Waals surface area contributed by atoms with Crippen molar-refractivity contribution < 1.29 is 19.1 Å². The zero-order valence-electron chi connectivity index (χ0n) is 15.3. The fourth-order valence-electron chi connectivity index (χ4n) is 3.27. The Hall–Kier alpha value is -3.46. The largest absolute Gasteiger partial charge is 0.493 e. The van der Waals surface area contributed by atoms with Crippen LogP contribution in [0.25, 0.3) is 5.65 Å². The molecule has 144 valence electrons. The summed E-state index contributed by atoms with van der Waals surface area (Å²) in [5, 5.41) is 7.17. The molecule has 0 radical (unpaired) electrons. The van der Waals surface area contributed by atoms with Crippen LogP contribution in [-0.4, -0.2) is 40.1 Å². The minimum absolute atomic E-state index is 0.0832. The molecule has 9 nitrogen and oxygen atoms in total. The first-order valence-corrected chi connectivity index (χ1v) is 8.76. The van der Waals surface area contributed by atoms with Crippen molar-refractivity contribution in [2.75, 3.05) is 13.7 Å². The molecule has 0 saturated carbocycles. The topological polar surface area (TPSA) is 121 Å². The first-order chi connectivity index (χ1) is 13.6. The van der Waals surface area contributed by atoms with E-state index in [9.17, 15) is 9.59 Å². The number of carbonyl (C=O) groups is 2. The number of benzene rings is 1. The van der Waals surface area contributed by atoms with Crippen molar-refractivity contribution in [2.24, 2.45) is 5.73 Å². The smallest absolute Gasteiger partial charge is 0.270 e. The Morgan fingerprint density at radius 1 is 1.36 bits per heavy atom. The van der Waals surface area contributed by atoms with E-state index in [0.29, 0.717) is 18.8 Å². The fraction of sp³-hybridized carbons (Fsp3) is 0.263. The van der Waals surface area contributed by atoms with Crippen LogP contribution < -0.4 is 15.8 Å². The monoisotopic (exact) mass is 381 g/mol. The molecule has 0 atom stereocenters. The third-order valence-corrected chi connectivity index (χ3v) is 4.56. The summed E-state index contributed by atoms with van der Waals surface area (Å²) in [7, 11) is 1.48. The second kappa shape index (κ2) is 7.28. The number of ether oxygens (including phenoxy) is 2. The number of nitrogens with zero attached hydrogens (tertiary/aromatic N) is 3. The zero-order valence-corrected chi connectivity index (χ0v) is 15.3. The third kappa shape index (κ3) is 3.16. The molecule has 28 heavy (non-hydrogen) atoms. The van der Waals surface area contributed by atoms with Crippen molar-refractivity contribution in [1.82, 2.24) is 19.9 Å². The number of nitrogens with two attached hydrogens (primary N) is 1. The molecule has 0 fully saturated rings. The SMILES string of the molecule is COCc1nn2c(C(=O)NCc3ccc4c(c3)CCO4)ccnc2c1C(N)=O. The molecule has 1 aromatic carbocycles. The van der Waals surface area contributed by atoms with Crippen molar-refractivity contribution in [3.8, 4) is 5.75 Å². The van der Waals surface area contributed by atoms with Crippen molar-refractivity contribution >= 4 is 17.5 Å². The highest BCUT2D eigenvalue weighted by Crippen LogP contribution is 2.25. The lowest BCUT2D eigenvalue weighted by Gasteiger charge is -2.08. The van der Waals surface area contributed by atoms with Gasteiger partial charge in [0.1, 0.15) is 22.7 Å². The number of rotatable bonds is 6. The van der Waals surface area contributed by atoms with Crippen LogP contribution in [0, 0.1) is 0 Å². The van der Waals surface area contributed by atoms with Gasteiger partial charge in [-0.05, 0) is 23.3 Å². The molecule has 3 heterocycles. The summed E-state index contributed by atoms with van der Waals surface area (Å²) < 4.78 is 11.9. The number of hydrogen-bond acceptors (Lipinski definition) is 6. The summed E-state index contributed by atoms with van der Waals surface area (Å²) in [4.78, 5) is 28.7. The second-order valence-electron chi connectivity index (χ2n) is 6.41. The Kier molecular flexibility index (Phi) is 4.66. The molecule has 3 aromatic rings. The van der Waals surface area contributed by atoms with Gasteiger partial charge in [-0.1, -0.05) is 12.1 Å². The Balaban J connectivity index is 1.60. The standard InChI is InChI=1S/C19H19N5O4/c1-27-10-13-16(17(20)25)18-21-6-4-14(24(18)23-13)19(26)22-9-11-2-3-15-12(8-11)5-7-28-15/h2-4,6,8H,5,7,9-10H2,1H3,(H2,20,25)(H,22,26). The van der Waals surface area contributed by atoms with Gasteiger partial charge in [-0.15, -0.1) is 0 Å². The lowest BCUT2D eigenvalue weighted by molar-refractivity contribution is 0.0941. The highest BCUT2D eigenvalue weighted by Gasteiger charge is 2.22. The summed E-state index contributed by atoms with van der Waals surface area (Å²) >= 11 is 0. The summed E-state index contributed by atoms with van der Waals surface area (Å²) in [5.74, 6) is -0.119. The maximum absolute atomic E-state index is 12.7. The van der Waals surface area contributed by atoms with Gasteiger partial charge >= 0.3 is 0 Å². The summed E-state index contributed by atoms with van der Waals surface area (Å²) in [6.07, 6.45) is 2.31. The Morgan fingerprint density at radius 2 is 2.21 bits per heavy atom. The zero-order chi connectivity index (χ0) is 19.7. The molecule has 1 aliphatic rings. The molecular formula is C19H19N5O4.